The van der Waals surface area contributed by atoms with Gasteiger partial charge >= 0.3 is 29.2 Å². The second-order valence-corrected chi connectivity index (χ2v) is 11.4. The first-order chi connectivity index (χ1) is 15.6. The average molecular weight is 548 g/mol. The SMILES string of the molecule is CCN(CC)CC.Nc1ccn(C2C=CC(COP(=O)(O)OP(=O)(O)OP(=O)(O)O)C2)c(=O)n1. The number of nitrogens with zero attached hydrogens (tertiary/aromatic N) is 3. The molecule has 1 aromatic heterocycles. The molecule has 0 saturated heterocycles. The van der Waals surface area contributed by atoms with Crippen molar-refractivity contribution in [3.8, 4) is 0 Å². The Balaban J connectivity index is 0.000000718. The number of allylic oxidation sites excluding steroid dienone is 1. The summed E-state index contributed by atoms with van der Waals surface area (Å²) in [7, 11) is -16.2. The second kappa shape index (κ2) is 13.2. The minimum atomic E-state index is -5.55. The Morgan fingerprint density at radius 1 is 1.06 bits per heavy atom. The fourth-order valence-electron chi connectivity index (χ4n) is 2.92. The maximum absolute atomic E-state index is 11.8. The van der Waals surface area contributed by atoms with Gasteiger partial charge in [-0.1, -0.05) is 32.9 Å². The molecule has 0 saturated carbocycles. The Morgan fingerprint density at radius 2 is 1.65 bits per heavy atom. The number of aromatic nitrogens is 2. The maximum atomic E-state index is 11.8. The minimum absolute atomic E-state index is 0.0578. The molecule has 0 fully saturated rings. The van der Waals surface area contributed by atoms with Crippen molar-refractivity contribution in [2.24, 2.45) is 5.92 Å². The van der Waals surface area contributed by atoms with Crippen molar-refractivity contribution in [2.75, 3.05) is 32.0 Å². The number of phosphoric acid groups is 3. The van der Waals surface area contributed by atoms with E-state index in [0.29, 0.717) is 0 Å². The van der Waals surface area contributed by atoms with Crippen LogP contribution in [0, 0.1) is 5.92 Å². The molecule has 0 aromatic carbocycles. The first-order valence-electron chi connectivity index (χ1n) is 10.1. The molecule has 4 atom stereocenters. The van der Waals surface area contributed by atoms with Crippen LogP contribution >= 0.6 is 23.5 Å². The van der Waals surface area contributed by atoms with E-state index >= 15 is 0 Å². The minimum Gasteiger partial charge on any atom is -0.383 e. The molecule has 1 aliphatic carbocycles. The summed E-state index contributed by atoms with van der Waals surface area (Å²) >= 11 is 0. The van der Waals surface area contributed by atoms with Crippen LogP contribution in [0.25, 0.3) is 0 Å². The van der Waals surface area contributed by atoms with Gasteiger partial charge in [0, 0.05) is 12.1 Å². The molecule has 6 N–H and O–H groups in total. The van der Waals surface area contributed by atoms with Crippen LogP contribution in [-0.2, 0) is 26.8 Å². The largest absolute Gasteiger partial charge is 0.490 e. The highest BCUT2D eigenvalue weighted by Crippen LogP contribution is 2.66. The van der Waals surface area contributed by atoms with E-state index in [0.717, 1.165) is 0 Å². The van der Waals surface area contributed by atoms with Crippen molar-refractivity contribution >= 4 is 29.3 Å². The summed E-state index contributed by atoms with van der Waals surface area (Å²) in [5, 5.41) is 0. The number of hydrogen-bond acceptors (Lipinski definition) is 10. The van der Waals surface area contributed by atoms with Gasteiger partial charge in [-0.05, 0) is 32.1 Å². The molecule has 1 heterocycles. The fraction of sp³-hybridized carbons (Fsp3) is 0.625. The van der Waals surface area contributed by atoms with E-state index in [2.05, 4.69) is 43.8 Å². The zero-order valence-electron chi connectivity index (χ0n) is 18.9. The van der Waals surface area contributed by atoms with Gasteiger partial charge < -0.3 is 30.2 Å². The third-order valence-corrected chi connectivity index (χ3v) is 8.37. The van der Waals surface area contributed by atoms with Crippen LogP contribution in [0.15, 0.2) is 29.2 Å². The molecule has 0 radical (unpaired) electrons. The van der Waals surface area contributed by atoms with Gasteiger partial charge in [0.2, 0.25) is 0 Å². The zero-order chi connectivity index (χ0) is 26.2. The summed E-state index contributed by atoms with van der Waals surface area (Å²) in [5.41, 5.74) is 4.82. The summed E-state index contributed by atoms with van der Waals surface area (Å²) < 4.78 is 46.5. The van der Waals surface area contributed by atoms with Crippen LogP contribution < -0.4 is 11.4 Å². The highest BCUT2D eigenvalue weighted by Gasteiger charge is 2.41. The lowest BCUT2D eigenvalue weighted by Gasteiger charge is -2.18. The van der Waals surface area contributed by atoms with Crippen LogP contribution in [0.4, 0.5) is 5.82 Å². The molecule has 0 bridgehead atoms. The Labute approximate surface area is 196 Å². The van der Waals surface area contributed by atoms with Crippen LogP contribution in [0.2, 0.25) is 0 Å². The summed E-state index contributed by atoms with van der Waals surface area (Å²) in [6.45, 7) is 9.67. The normalized spacial score (nSPS) is 21.5. The van der Waals surface area contributed by atoms with Crippen molar-refractivity contribution < 1.29 is 46.4 Å². The summed E-state index contributed by atoms with van der Waals surface area (Å²) in [4.78, 5) is 53.1. The summed E-state index contributed by atoms with van der Waals surface area (Å²) in [6.07, 6.45) is 4.92. The van der Waals surface area contributed by atoms with Crippen molar-refractivity contribution in [1.29, 1.82) is 0 Å². The first-order valence-corrected chi connectivity index (χ1v) is 14.7. The smallest absolute Gasteiger partial charge is 0.383 e. The number of nitrogen functional groups attached to an aromatic ring is 1. The van der Waals surface area contributed by atoms with Gasteiger partial charge in [-0.3, -0.25) is 9.09 Å². The van der Waals surface area contributed by atoms with Gasteiger partial charge in [0.05, 0.1) is 12.6 Å². The van der Waals surface area contributed by atoms with Gasteiger partial charge in [-0.15, -0.1) is 0 Å². The number of anilines is 1. The third-order valence-electron chi connectivity index (χ3n) is 4.57. The summed E-state index contributed by atoms with van der Waals surface area (Å²) in [6, 6.07) is 1.01. The summed E-state index contributed by atoms with van der Waals surface area (Å²) in [5.74, 6) is -0.410. The molecule has 0 amide bonds. The topological polar surface area (TPSA) is 224 Å². The molecule has 0 aliphatic heterocycles. The highest BCUT2D eigenvalue weighted by molar-refractivity contribution is 7.66. The molecule has 15 nitrogen and oxygen atoms in total. The second-order valence-electron chi connectivity index (χ2n) is 7.00. The number of hydrogen-bond donors (Lipinski definition) is 5. The Morgan fingerprint density at radius 3 is 2.12 bits per heavy atom. The molecule has 1 aliphatic rings. The van der Waals surface area contributed by atoms with Crippen LogP contribution in [0.1, 0.15) is 33.2 Å². The Kier molecular flexibility index (Phi) is 12.0. The van der Waals surface area contributed by atoms with E-state index in [4.69, 9.17) is 20.4 Å². The molecule has 4 unspecified atom stereocenters. The van der Waals surface area contributed by atoms with Crippen LogP contribution in [0.3, 0.4) is 0 Å². The molecule has 2 rings (SSSR count). The van der Waals surface area contributed by atoms with E-state index in [-0.39, 0.29) is 12.2 Å². The molecule has 196 valence electrons. The fourth-order valence-corrected chi connectivity index (χ4v) is 6.00. The molecular weight excluding hydrogens is 517 g/mol. The molecule has 18 heteroatoms. The lowest BCUT2D eigenvalue weighted by atomic mass is 10.1. The average Bonchev–Trinajstić information content (AvgIpc) is 3.14. The molecule has 0 spiro atoms. The van der Waals surface area contributed by atoms with Gasteiger partial charge in [0.25, 0.3) is 0 Å². The number of phosphoric ester groups is 1. The lowest BCUT2D eigenvalue weighted by Crippen LogP contribution is -2.26. The number of rotatable bonds is 11. The lowest BCUT2D eigenvalue weighted by molar-refractivity contribution is 0.159. The van der Waals surface area contributed by atoms with Crippen molar-refractivity contribution in [1.82, 2.24) is 14.5 Å². The van der Waals surface area contributed by atoms with Crippen LogP contribution in [-0.4, -0.2) is 60.3 Å². The Hall–Kier alpha value is -1.21. The van der Waals surface area contributed by atoms with Gasteiger partial charge in [-0.25, -0.2) is 18.5 Å². The zero-order valence-corrected chi connectivity index (χ0v) is 21.6. The van der Waals surface area contributed by atoms with Gasteiger partial charge in [0.1, 0.15) is 5.82 Å². The highest BCUT2D eigenvalue weighted by atomic mass is 31.3. The van der Waals surface area contributed by atoms with E-state index < -0.39 is 47.7 Å². The van der Waals surface area contributed by atoms with Crippen molar-refractivity contribution in [3.05, 3.63) is 34.9 Å². The Bertz CT molecular complexity index is 1020. The van der Waals surface area contributed by atoms with E-state index in [1.807, 2.05) is 0 Å². The predicted octanol–water partition coefficient (Wildman–Crippen LogP) is 1.63. The molecule has 1 aromatic rings. The van der Waals surface area contributed by atoms with Crippen molar-refractivity contribution in [2.45, 2.75) is 33.2 Å². The van der Waals surface area contributed by atoms with Crippen molar-refractivity contribution in [3.63, 3.8) is 0 Å². The van der Waals surface area contributed by atoms with E-state index in [1.165, 1.54) is 36.5 Å². The standard InChI is InChI=1S/C10H16N3O11P3.C6H15N/c11-9-3-4-13(10(14)12-9)8-2-1-7(5-8)6-22-26(18,19)24-27(20,21)23-25(15,16)17;1-4-7(5-2)6-3/h1-4,7-8H,5-6H2,(H,18,19)(H,20,21)(H2,11,12,14)(H2,15,16,17);4-6H2,1-3H3. The quantitative estimate of drug-likeness (QED) is 0.196. The van der Waals surface area contributed by atoms with Crippen LogP contribution in [0.5, 0.6) is 0 Å². The van der Waals surface area contributed by atoms with E-state index in [9.17, 15) is 23.4 Å². The number of nitrogens with two attached hydrogens (primary N) is 1. The van der Waals surface area contributed by atoms with Gasteiger partial charge in [0.15, 0.2) is 0 Å². The van der Waals surface area contributed by atoms with Gasteiger partial charge in [-0.2, -0.15) is 13.6 Å². The predicted molar refractivity (Wildman–Crippen MR) is 122 cm³/mol. The molecule has 34 heavy (non-hydrogen) atoms. The van der Waals surface area contributed by atoms with E-state index in [1.54, 1.807) is 12.2 Å². The monoisotopic (exact) mass is 548 g/mol. The molecular formula is C16H31N4O11P3. The maximum Gasteiger partial charge on any atom is 0.490 e. The first kappa shape index (κ1) is 30.8. The third kappa shape index (κ3) is 11.5.